The third-order valence-electron chi connectivity index (χ3n) is 7.43. The van der Waals surface area contributed by atoms with Crippen molar-refractivity contribution < 1.29 is 14.3 Å². The zero-order chi connectivity index (χ0) is 26.3. The van der Waals surface area contributed by atoms with Crippen LogP contribution in [0.25, 0.3) is 0 Å². The molecule has 8 heteroatoms. The van der Waals surface area contributed by atoms with Gasteiger partial charge in [0.1, 0.15) is 11.9 Å². The third kappa shape index (κ3) is 4.16. The Morgan fingerprint density at radius 3 is 2.16 bits per heavy atom. The van der Waals surface area contributed by atoms with Gasteiger partial charge in [-0.1, -0.05) is 48.5 Å². The summed E-state index contributed by atoms with van der Waals surface area (Å²) >= 11 is 0. The fraction of sp³-hybridized carbons (Fsp3) is 0.345. The van der Waals surface area contributed by atoms with E-state index >= 15 is 0 Å². The van der Waals surface area contributed by atoms with Crippen molar-refractivity contribution >= 4 is 12.0 Å². The summed E-state index contributed by atoms with van der Waals surface area (Å²) in [6.45, 7) is 5.73. The Balaban J connectivity index is 1.81. The van der Waals surface area contributed by atoms with E-state index in [9.17, 15) is 14.4 Å². The van der Waals surface area contributed by atoms with Crippen molar-refractivity contribution in [2.24, 2.45) is 0 Å². The average molecular weight is 501 g/mol. The van der Waals surface area contributed by atoms with E-state index in [1.807, 2.05) is 30.7 Å². The molecule has 0 saturated carbocycles. The molecule has 37 heavy (non-hydrogen) atoms. The van der Waals surface area contributed by atoms with Gasteiger partial charge in [0.25, 0.3) is 5.91 Å². The zero-order valence-electron chi connectivity index (χ0n) is 21.6. The lowest BCUT2D eigenvalue weighted by Gasteiger charge is -2.51. The lowest BCUT2D eigenvalue weighted by Crippen LogP contribution is -2.67. The van der Waals surface area contributed by atoms with Crippen molar-refractivity contribution in [1.29, 1.82) is 0 Å². The first-order chi connectivity index (χ1) is 17.8. The maximum atomic E-state index is 13.9. The molecule has 0 spiro atoms. The molecule has 1 aliphatic carbocycles. The number of aromatic nitrogens is 1. The van der Waals surface area contributed by atoms with Crippen LogP contribution in [0.2, 0.25) is 0 Å². The minimum atomic E-state index is -0.570. The number of fused-ring (bicyclic) bond motifs is 3. The van der Waals surface area contributed by atoms with Crippen LogP contribution in [-0.4, -0.2) is 47.4 Å². The van der Waals surface area contributed by atoms with Gasteiger partial charge in [0.05, 0.1) is 19.7 Å². The van der Waals surface area contributed by atoms with Gasteiger partial charge in [-0.05, 0) is 55.9 Å². The zero-order valence-corrected chi connectivity index (χ0v) is 21.6. The van der Waals surface area contributed by atoms with Gasteiger partial charge >= 0.3 is 6.09 Å². The number of carbonyl (C=O) groups excluding carboxylic acids is 2. The van der Waals surface area contributed by atoms with Crippen LogP contribution in [0.3, 0.4) is 0 Å². The summed E-state index contributed by atoms with van der Waals surface area (Å²) in [4.78, 5) is 40.6. The predicted molar refractivity (Wildman–Crippen MR) is 141 cm³/mol. The Bertz CT molecular complexity index is 1370. The summed E-state index contributed by atoms with van der Waals surface area (Å²) in [5, 5.41) is 4.97. The Hall–Kier alpha value is -4.07. The highest BCUT2D eigenvalue weighted by atomic mass is 16.5. The fourth-order valence-corrected chi connectivity index (χ4v) is 5.70. The maximum Gasteiger partial charge on any atom is 0.406 e. The van der Waals surface area contributed by atoms with Gasteiger partial charge < -0.3 is 15.0 Å². The van der Waals surface area contributed by atoms with Crippen LogP contribution >= 0.6 is 0 Å². The summed E-state index contributed by atoms with van der Waals surface area (Å²) in [6.07, 6.45) is 2.35. The number of rotatable bonds is 4. The van der Waals surface area contributed by atoms with E-state index in [4.69, 9.17) is 4.74 Å². The van der Waals surface area contributed by atoms with Crippen LogP contribution in [0.1, 0.15) is 58.2 Å². The molecule has 1 N–H and O–H groups in total. The number of nitrogens with one attached hydrogen (secondary N) is 1. The average Bonchev–Trinajstić information content (AvgIpc) is 3.06. The van der Waals surface area contributed by atoms with Gasteiger partial charge in [0, 0.05) is 23.9 Å². The highest BCUT2D eigenvalue weighted by Gasteiger charge is 2.44. The maximum absolute atomic E-state index is 13.9. The number of nitrogens with zero attached hydrogens (tertiary/aromatic N) is 3. The van der Waals surface area contributed by atoms with Crippen molar-refractivity contribution in [2.75, 3.05) is 18.7 Å². The lowest BCUT2D eigenvalue weighted by molar-refractivity contribution is 0.0465. The molecule has 1 atom stereocenters. The Morgan fingerprint density at radius 2 is 1.59 bits per heavy atom. The van der Waals surface area contributed by atoms with Crippen molar-refractivity contribution in [2.45, 2.75) is 51.9 Å². The minimum absolute atomic E-state index is 0.141. The predicted octanol–water partition coefficient (Wildman–Crippen LogP) is 3.53. The van der Waals surface area contributed by atoms with Crippen molar-refractivity contribution in [3.63, 3.8) is 0 Å². The van der Waals surface area contributed by atoms with Crippen LogP contribution in [-0.2, 0) is 17.6 Å². The third-order valence-corrected chi connectivity index (χ3v) is 7.43. The summed E-state index contributed by atoms with van der Waals surface area (Å²) < 4.78 is 6.69. The molecule has 1 unspecified atom stereocenters. The monoisotopic (exact) mass is 500 g/mol. The van der Waals surface area contributed by atoms with E-state index in [1.165, 1.54) is 24.3 Å². The number of pyridine rings is 1. The summed E-state index contributed by atoms with van der Waals surface area (Å²) in [5.41, 5.74) is 5.29. The van der Waals surface area contributed by atoms with Gasteiger partial charge in [-0.15, -0.1) is 0 Å². The van der Waals surface area contributed by atoms with Crippen LogP contribution in [0, 0.1) is 6.92 Å². The number of methoxy groups -OCH3 is 1. The van der Waals surface area contributed by atoms with E-state index in [-0.39, 0.29) is 30.0 Å². The summed E-state index contributed by atoms with van der Waals surface area (Å²) in [5.74, 6) is -0.242. The number of hydrogen-bond donors (Lipinski definition) is 1. The second-order valence-electron chi connectivity index (χ2n) is 9.84. The second-order valence-corrected chi connectivity index (χ2v) is 9.84. The molecule has 2 amide bonds. The van der Waals surface area contributed by atoms with E-state index < -0.39 is 12.3 Å². The normalized spacial score (nSPS) is 17.1. The van der Waals surface area contributed by atoms with Crippen molar-refractivity contribution in [3.8, 4) is 0 Å². The molecule has 0 radical (unpaired) electrons. The second kappa shape index (κ2) is 9.76. The molecule has 1 aromatic heterocycles. The molecule has 8 nitrogen and oxygen atoms in total. The van der Waals surface area contributed by atoms with Crippen LogP contribution in [0.5, 0.6) is 0 Å². The fourth-order valence-electron chi connectivity index (χ4n) is 5.70. The Kier molecular flexibility index (Phi) is 6.50. The number of alkyl carbamates (subject to hydrolysis) is 1. The van der Waals surface area contributed by atoms with Gasteiger partial charge in [-0.25, -0.2) is 4.79 Å². The number of carbonyl (C=O) groups is 2. The van der Waals surface area contributed by atoms with Crippen LogP contribution in [0.15, 0.2) is 65.6 Å². The summed E-state index contributed by atoms with van der Waals surface area (Å²) in [6, 6.07) is 17.8. The Morgan fingerprint density at radius 1 is 1.00 bits per heavy atom. The first-order valence-electron chi connectivity index (χ1n) is 12.6. The molecule has 2 aliphatic rings. The number of hydrogen-bond acceptors (Lipinski definition) is 5. The molecule has 0 saturated heterocycles. The van der Waals surface area contributed by atoms with E-state index in [1.54, 1.807) is 18.0 Å². The molecular weight excluding hydrogens is 468 g/mol. The highest BCUT2D eigenvalue weighted by Crippen LogP contribution is 2.39. The Labute approximate surface area is 216 Å². The van der Waals surface area contributed by atoms with E-state index in [0.717, 1.165) is 24.0 Å². The van der Waals surface area contributed by atoms with Crippen molar-refractivity contribution in [3.05, 3.63) is 105 Å². The summed E-state index contributed by atoms with van der Waals surface area (Å²) in [7, 11) is 1.32. The molecule has 1 aliphatic heterocycles. The first-order valence-corrected chi connectivity index (χ1v) is 12.6. The minimum Gasteiger partial charge on any atom is -0.453 e. The molecule has 2 aromatic carbocycles. The smallest absolute Gasteiger partial charge is 0.406 e. The first kappa shape index (κ1) is 24.6. The van der Waals surface area contributed by atoms with Crippen LogP contribution in [0.4, 0.5) is 4.79 Å². The number of amides is 2. The molecule has 3 aromatic rings. The van der Waals surface area contributed by atoms with E-state index in [2.05, 4.69) is 46.7 Å². The number of ether oxygens (including phenoxy) is 1. The molecule has 2 heterocycles. The van der Waals surface area contributed by atoms with E-state index in [0.29, 0.717) is 11.3 Å². The van der Waals surface area contributed by atoms with Gasteiger partial charge in [0.2, 0.25) is 0 Å². The van der Waals surface area contributed by atoms with Gasteiger partial charge in [-0.2, -0.15) is 0 Å². The molecule has 192 valence electrons. The molecule has 5 rings (SSSR count). The largest absolute Gasteiger partial charge is 0.453 e. The van der Waals surface area contributed by atoms with Crippen LogP contribution < -0.4 is 15.8 Å². The number of benzene rings is 2. The number of aryl methyl sites for hydroxylation is 2. The molecule has 0 fully saturated rings. The van der Waals surface area contributed by atoms with Crippen molar-refractivity contribution in [1.82, 2.24) is 14.9 Å². The quantitative estimate of drug-likeness (QED) is 0.593. The highest BCUT2D eigenvalue weighted by molar-refractivity contribution is 5.95. The van der Waals surface area contributed by atoms with Gasteiger partial charge in [0.15, 0.2) is 5.43 Å². The lowest BCUT2D eigenvalue weighted by atomic mass is 9.93. The topological polar surface area (TPSA) is 83.9 Å². The SMILES string of the molecule is COC(=O)NCC1N(C(C)C)C(=O)c2c(C)c(=O)ccn2N1C1c2ccccc2CCc2ccccc21. The molecule has 0 bridgehead atoms. The van der Waals surface area contributed by atoms with Gasteiger partial charge in [-0.3, -0.25) is 19.3 Å². The standard InChI is InChI=1S/C29H32N4O4/c1-18(2)32-25(17-30-29(36)37-4)33(31-16-15-24(34)19(3)26(31)28(32)35)27-22-11-7-5-9-20(22)13-14-21-10-6-8-12-23(21)27/h5-12,15-16,18,25,27H,13-14,17H2,1-4H3,(H,30,36). The molecular formula is C29H32N4O4.